The van der Waals surface area contributed by atoms with Crippen molar-refractivity contribution in [3.05, 3.63) is 83.9 Å². The summed E-state index contributed by atoms with van der Waals surface area (Å²) < 4.78 is 0. The van der Waals surface area contributed by atoms with Crippen molar-refractivity contribution in [3.8, 4) is 0 Å². The first-order valence-corrected chi connectivity index (χ1v) is 14.0. The zero-order chi connectivity index (χ0) is 26.4. The van der Waals surface area contributed by atoms with Crippen LogP contribution in [0.4, 0.5) is 0 Å². The number of benzene rings is 3. The zero-order valence-electron chi connectivity index (χ0n) is 22.4. The maximum Gasteiger partial charge on any atom is 0.242 e. The minimum absolute atomic E-state index is 0.0240. The molecule has 0 aliphatic carbocycles. The number of amides is 1. The molecule has 1 aliphatic heterocycles. The molecule has 0 saturated carbocycles. The van der Waals surface area contributed by atoms with Gasteiger partial charge in [-0.25, -0.2) is 4.99 Å². The summed E-state index contributed by atoms with van der Waals surface area (Å²) in [6.07, 6.45) is 6.08. The molecule has 1 unspecified atom stereocenters. The molecule has 3 aromatic rings. The highest BCUT2D eigenvalue weighted by Crippen LogP contribution is 2.16. The van der Waals surface area contributed by atoms with Crippen molar-refractivity contribution < 1.29 is 4.79 Å². The maximum atomic E-state index is 13.3. The molecule has 0 bridgehead atoms. The molecule has 0 radical (unpaired) electrons. The van der Waals surface area contributed by atoms with Crippen LogP contribution < -0.4 is 21.7 Å². The maximum absolute atomic E-state index is 13.3. The lowest BCUT2D eigenvalue weighted by molar-refractivity contribution is -0.122. The molecule has 7 heteroatoms. The second kappa shape index (κ2) is 15.1. The fourth-order valence-electron chi connectivity index (χ4n) is 4.79. The van der Waals surface area contributed by atoms with Crippen molar-refractivity contribution in [3.63, 3.8) is 0 Å². The lowest BCUT2D eigenvalue weighted by Crippen LogP contribution is -2.53. The van der Waals surface area contributed by atoms with Crippen LogP contribution in [-0.2, 0) is 17.8 Å². The highest BCUT2D eigenvalue weighted by atomic mass is 16.2. The Morgan fingerprint density at radius 3 is 2.42 bits per heavy atom. The Balaban J connectivity index is 1.50. The molecular formula is C31H42N6O. The third-order valence-electron chi connectivity index (χ3n) is 6.99. The molecule has 0 spiro atoms. The third-order valence-corrected chi connectivity index (χ3v) is 6.99. The second-order valence-corrected chi connectivity index (χ2v) is 10.0. The number of nitrogens with two attached hydrogens (primary N) is 1. The molecule has 1 amide bonds. The molecule has 1 heterocycles. The van der Waals surface area contributed by atoms with E-state index in [2.05, 4.69) is 75.4 Å². The molecule has 202 valence electrons. The van der Waals surface area contributed by atoms with Gasteiger partial charge in [-0.1, -0.05) is 73.2 Å². The van der Waals surface area contributed by atoms with Crippen molar-refractivity contribution in [2.24, 2.45) is 10.7 Å². The van der Waals surface area contributed by atoms with Crippen LogP contribution in [0.3, 0.4) is 0 Å². The number of guanidine groups is 1. The van der Waals surface area contributed by atoms with Gasteiger partial charge in [0.2, 0.25) is 5.91 Å². The second-order valence-electron chi connectivity index (χ2n) is 10.0. The molecule has 1 fully saturated rings. The first kappa shape index (κ1) is 27.6. The molecule has 1 aliphatic rings. The Labute approximate surface area is 226 Å². The first-order valence-electron chi connectivity index (χ1n) is 14.0. The fraction of sp³-hybridized carbons (Fsp3) is 0.419. The van der Waals surface area contributed by atoms with Gasteiger partial charge in [0.1, 0.15) is 6.04 Å². The van der Waals surface area contributed by atoms with Gasteiger partial charge in [-0.05, 0) is 73.3 Å². The number of carbonyl (C=O) groups excluding carboxylic acids is 1. The van der Waals surface area contributed by atoms with Gasteiger partial charge in [0, 0.05) is 13.0 Å². The van der Waals surface area contributed by atoms with E-state index in [-0.39, 0.29) is 5.91 Å². The summed E-state index contributed by atoms with van der Waals surface area (Å²) in [6, 6.07) is 24.5. The third kappa shape index (κ3) is 8.85. The van der Waals surface area contributed by atoms with Gasteiger partial charge in [-0.3, -0.25) is 9.69 Å². The number of hydrogen-bond donors (Lipinski definition) is 4. The number of aliphatic imine (C=N–C) groups is 1. The number of likely N-dealkylation sites (tertiary alicyclic amines) is 1. The number of piperidine rings is 1. The molecule has 3 aromatic carbocycles. The predicted molar refractivity (Wildman–Crippen MR) is 157 cm³/mol. The summed E-state index contributed by atoms with van der Waals surface area (Å²) in [5.41, 5.74) is 7.86. The van der Waals surface area contributed by atoms with Gasteiger partial charge in [0.15, 0.2) is 5.96 Å². The Morgan fingerprint density at radius 1 is 0.868 bits per heavy atom. The van der Waals surface area contributed by atoms with Gasteiger partial charge in [-0.15, -0.1) is 0 Å². The Hall–Kier alpha value is -3.42. The highest BCUT2D eigenvalue weighted by Gasteiger charge is 2.21. The summed E-state index contributed by atoms with van der Waals surface area (Å²) >= 11 is 0. The van der Waals surface area contributed by atoms with E-state index in [1.54, 1.807) is 0 Å². The van der Waals surface area contributed by atoms with Crippen LogP contribution >= 0.6 is 0 Å². The topological polar surface area (TPSA) is 94.8 Å². The molecule has 0 aromatic heterocycles. The van der Waals surface area contributed by atoms with E-state index in [0.29, 0.717) is 38.7 Å². The number of fused-ring (bicyclic) bond motifs is 1. The van der Waals surface area contributed by atoms with E-state index in [1.807, 2.05) is 18.2 Å². The van der Waals surface area contributed by atoms with E-state index in [0.717, 1.165) is 37.1 Å². The normalized spacial score (nSPS) is 15.2. The monoisotopic (exact) mass is 514 g/mol. The molecule has 38 heavy (non-hydrogen) atoms. The fourth-order valence-corrected chi connectivity index (χ4v) is 4.79. The van der Waals surface area contributed by atoms with Crippen LogP contribution in [0.2, 0.25) is 0 Å². The number of nitrogens with one attached hydrogen (secondary N) is 3. The van der Waals surface area contributed by atoms with E-state index in [9.17, 15) is 4.79 Å². The first-order chi connectivity index (χ1) is 18.7. The molecule has 4 rings (SSSR count). The number of nitrogens with zero attached hydrogens (tertiary/aromatic N) is 2. The SMILES string of the molecule is NCCCCNC(=O)C(Cc1ccccc1)NC(=NCc1ccc2ccccc2c1)NCN1CCCCC1. The van der Waals surface area contributed by atoms with Gasteiger partial charge in [0.25, 0.3) is 0 Å². The average Bonchev–Trinajstić information content (AvgIpc) is 2.97. The summed E-state index contributed by atoms with van der Waals surface area (Å²) in [7, 11) is 0. The molecule has 5 N–H and O–H groups in total. The molecular weight excluding hydrogens is 472 g/mol. The van der Waals surface area contributed by atoms with Crippen LogP contribution in [0, 0.1) is 0 Å². The van der Waals surface area contributed by atoms with E-state index in [1.165, 1.54) is 30.0 Å². The van der Waals surface area contributed by atoms with Crippen LogP contribution in [0.15, 0.2) is 77.8 Å². The lowest BCUT2D eigenvalue weighted by atomic mass is 10.1. The molecule has 7 nitrogen and oxygen atoms in total. The zero-order valence-corrected chi connectivity index (χ0v) is 22.4. The Kier molecular flexibility index (Phi) is 11.0. The van der Waals surface area contributed by atoms with Crippen molar-refractivity contribution >= 4 is 22.6 Å². The van der Waals surface area contributed by atoms with Crippen molar-refractivity contribution in [2.75, 3.05) is 32.8 Å². The van der Waals surface area contributed by atoms with Crippen LogP contribution in [0.25, 0.3) is 10.8 Å². The van der Waals surface area contributed by atoms with Crippen LogP contribution in [0.5, 0.6) is 0 Å². The molecule has 1 saturated heterocycles. The van der Waals surface area contributed by atoms with Crippen molar-refractivity contribution in [1.82, 2.24) is 20.9 Å². The summed E-state index contributed by atoms with van der Waals surface area (Å²) in [4.78, 5) is 20.6. The number of rotatable bonds is 12. The van der Waals surface area contributed by atoms with E-state index in [4.69, 9.17) is 10.7 Å². The van der Waals surface area contributed by atoms with Gasteiger partial charge in [0.05, 0.1) is 13.2 Å². The van der Waals surface area contributed by atoms with Gasteiger partial charge in [-0.2, -0.15) is 0 Å². The minimum atomic E-state index is -0.445. The summed E-state index contributed by atoms with van der Waals surface area (Å²) in [5.74, 6) is 0.630. The van der Waals surface area contributed by atoms with Crippen molar-refractivity contribution in [2.45, 2.75) is 51.1 Å². The van der Waals surface area contributed by atoms with Crippen LogP contribution in [-0.4, -0.2) is 55.7 Å². The lowest BCUT2D eigenvalue weighted by Gasteiger charge is -2.28. The smallest absolute Gasteiger partial charge is 0.242 e. The predicted octanol–water partition coefficient (Wildman–Crippen LogP) is 3.78. The van der Waals surface area contributed by atoms with E-state index >= 15 is 0 Å². The summed E-state index contributed by atoms with van der Waals surface area (Å²) in [5, 5.41) is 12.5. The van der Waals surface area contributed by atoms with E-state index < -0.39 is 6.04 Å². The standard InChI is InChI=1S/C31H42N6O/c32-17-7-8-18-33-30(38)29(22-25-11-3-1-4-12-25)36-31(35-24-37-19-9-2-10-20-37)34-23-26-15-16-27-13-5-6-14-28(27)21-26/h1,3-6,11-16,21,29H,2,7-10,17-20,22-24,32H2,(H,33,38)(H2,34,35,36). The van der Waals surface area contributed by atoms with Crippen molar-refractivity contribution in [1.29, 1.82) is 0 Å². The van der Waals surface area contributed by atoms with Gasteiger partial charge < -0.3 is 21.7 Å². The Morgan fingerprint density at radius 2 is 1.63 bits per heavy atom. The number of unbranched alkanes of at least 4 members (excludes halogenated alkanes) is 1. The number of carbonyl (C=O) groups is 1. The van der Waals surface area contributed by atoms with Gasteiger partial charge >= 0.3 is 0 Å². The van der Waals surface area contributed by atoms with Crippen LogP contribution in [0.1, 0.15) is 43.2 Å². The average molecular weight is 515 g/mol. The quantitative estimate of drug-likeness (QED) is 0.168. The summed E-state index contributed by atoms with van der Waals surface area (Å²) in [6.45, 7) is 4.65. The Bertz CT molecular complexity index is 1160. The largest absolute Gasteiger partial charge is 0.354 e. The highest BCUT2D eigenvalue weighted by molar-refractivity contribution is 5.89. The number of hydrogen-bond acceptors (Lipinski definition) is 4. The minimum Gasteiger partial charge on any atom is -0.354 e. The molecule has 1 atom stereocenters.